The third kappa shape index (κ3) is 4.11. The van der Waals surface area contributed by atoms with Crippen LogP contribution in [0.5, 0.6) is 0 Å². The summed E-state index contributed by atoms with van der Waals surface area (Å²) in [6.45, 7) is 2.95. The molecule has 0 saturated heterocycles. The number of benzene rings is 2. The molecule has 6 nitrogen and oxygen atoms in total. The number of hydrogen-bond donors (Lipinski definition) is 0. The molecule has 2 heterocycles. The van der Waals surface area contributed by atoms with Gasteiger partial charge in [-0.2, -0.15) is 0 Å². The van der Waals surface area contributed by atoms with Crippen molar-refractivity contribution in [3.63, 3.8) is 0 Å². The Kier molecular flexibility index (Phi) is 5.51. The molecule has 0 spiro atoms. The molecule has 0 atom stereocenters. The lowest BCUT2D eigenvalue weighted by molar-refractivity contribution is 0.0526. The number of rotatable bonds is 4. The van der Waals surface area contributed by atoms with E-state index in [-0.39, 0.29) is 11.5 Å². The van der Waals surface area contributed by atoms with E-state index in [4.69, 9.17) is 16.3 Å². The highest BCUT2D eigenvalue weighted by Gasteiger charge is 2.16. The molecule has 2 aromatic carbocycles. The second-order valence-corrected chi connectivity index (χ2v) is 7.88. The Morgan fingerprint density at radius 2 is 2.07 bits per heavy atom. The molecule has 0 radical (unpaired) electrons. The van der Waals surface area contributed by atoms with E-state index in [1.54, 1.807) is 29.7 Å². The van der Waals surface area contributed by atoms with E-state index in [1.165, 1.54) is 11.3 Å². The molecule has 1 aromatic heterocycles. The first-order valence-corrected chi connectivity index (χ1v) is 10.3. The monoisotopic (exact) mass is 427 g/mol. The molecular weight excluding hydrogens is 410 g/mol. The third-order valence-electron chi connectivity index (χ3n) is 4.47. The van der Waals surface area contributed by atoms with E-state index in [9.17, 15) is 9.59 Å². The molecule has 0 bridgehead atoms. The molecule has 1 aliphatic rings. The number of hydrogen-bond acceptors (Lipinski definition) is 6. The maximum atomic E-state index is 12.9. The minimum atomic E-state index is -0.347. The lowest BCUT2D eigenvalue weighted by Crippen LogP contribution is -2.42. The first kappa shape index (κ1) is 19.4. The van der Waals surface area contributed by atoms with E-state index in [1.807, 2.05) is 41.3 Å². The van der Waals surface area contributed by atoms with Gasteiger partial charge in [-0.1, -0.05) is 35.1 Å². The minimum Gasteiger partial charge on any atom is -0.462 e. The number of anilines is 1. The molecule has 148 valence electrons. The lowest BCUT2D eigenvalue weighted by atomic mass is 10.2. The Labute approximate surface area is 176 Å². The van der Waals surface area contributed by atoms with Gasteiger partial charge in [0.05, 0.1) is 16.7 Å². The van der Waals surface area contributed by atoms with Crippen LogP contribution in [0.4, 0.5) is 5.69 Å². The van der Waals surface area contributed by atoms with E-state index < -0.39 is 0 Å². The van der Waals surface area contributed by atoms with E-state index in [0.717, 1.165) is 11.3 Å². The van der Waals surface area contributed by atoms with Crippen LogP contribution in [0.3, 0.4) is 0 Å². The summed E-state index contributed by atoms with van der Waals surface area (Å²) in [6, 6.07) is 14.5. The predicted octanol–water partition coefficient (Wildman–Crippen LogP) is 2.62. The Hall–Kier alpha value is -2.90. The van der Waals surface area contributed by atoms with Gasteiger partial charge >= 0.3 is 5.97 Å². The Balaban J connectivity index is 1.60. The number of nitrogens with zero attached hydrogens (tertiary/aromatic N) is 3. The first-order chi connectivity index (χ1) is 14.0. The van der Waals surface area contributed by atoms with Crippen LogP contribution in [0.25, 0.3) is 6.08 Å². The number of carbonyl (C=O) groups is 1. The van der Waals surface area contributed by atoms with Gasteiger partial charge < -0.3 is 9.64 Å². The average Bonchev–Trinajstić information content (AvgIpc) is 3.03. The summed E-state index contributed by atoms with van der Waals surface area (Å²) in [5.74, 6) is -0.347. The van der Waals surface area contributed by atoms with Crippen LogP contribution in [0.1, 0.15) is 22.8 Å². The highest BCUT2D eigenvalue weighted by Crippen LogP contribution is 2.17. The molecule has 0 N–H and O–H groups in total. The topological polar surface area (TPSA) is 63.9 Å². The fraction of sp³-hybridized carbons (Fsp3) is 0.190. The van der Waals surface area contributed by atoms with Crippen molar-refractivity contribution < 1.29 is 9.53 Å². The van der Waals surface area contributed by atoms with Crippen LogP contribution in [0.15, 0.2) is 58.3 Å². The van der Waals surface area contributed by atoms with Gasteiger partial charge in [0.1, 0.15) is 13.3 Å². The third-order valence-corrected chi connectivity index (χ3v) is 5.75. The van der Waals surface area contributed by atoms with Crippen LogP contribution in [0.2, 0.25) is 5.02 Å². The quantitative estimate of drug-likeness (QED) is 0.600. The Morgan fingerprint density at radius 1 is 1.28 bits per heavy atom. The van der Waals surface area contributed by atoms with Crippen molar-refractivity contribution in [1.29, 1.82) is 0 Å². The van der Waals surface area contributed by atoms with Crippen molar-refractivity contribution in [1.82, 2.24) is 4.57 Å². The van der Waals surface area contributed by atoms with Gasteiger partial charge in [0.25, 0.3) is 5.56 Å². The molecule has 0 amide bonds. The van der Waals surface area contributed by atoms with E-state index in [2.05, 4.69) is 4.99 Å². The Morgan fingerprint density at radius 3 is 2.79 bits per heavy atom. The minimum absolute atomic E-state index is 0.0819. The van der Waals surface area contributed by atoms with Gasteiger partial charge in [-0.3, -0.25) is 9.36 Å². The zero-order valence-electron chi connectivity index (χ0n) is 15.7. The van der Waals surface area contributed by atoms with Crippen molar-refractivity contribution >= 4 is 40.7 Å². The summed E-state index contributed by atoms with van der Waals surface area (Å²) in [6.07, 6.45) is 1.83. The van der Waals surface area contributed by atoms with Crippen molar-refractivity contribution in [2.24, 2.45) is 4.99 Å². The maximum Gasteiger partial charge on any atom is 0.338 e. The summed E-state index contributed by atoms with van der Waals surface area (Å²) in [7, 11) is 0. The van der Waals surface area contributed by atoms with Gasteiger partial charge in [0.15, 0.2) is 4.80 Å². The normalized spacial score (nSPS) is 13.7. The lowest BCUT2D eigenvalue weighted by Gasteiger charge is -2.25. The van der Waals surface area contributed by atoms with Crippen LogP contribution in [0, 0.1) is 0 Å². The predicted molar refractivity (Wildman–Crippen MR) is 114 cm³/mol. The summed E-state index contributed by atoms with van der Waals surface area (Å²) < 4.78 is 7.28. The number of aromatic nitrogens is 1. The van der Waals surface area contributed by atoms with Crippen LogP contribution in [-0.2, 0) is 11.4 Å². The smallest absolute Gasteiger partial charge is 0.338 e. The molecular formula is C21H18ClN3O3S. The SMILES string of the molecule is CCOC(=O)c1ccc(N2CN=c3sc(=Cc4cccc(Cl)c4)c(=O)n3C2)cc1. The summed E-state index contributed by atoms with van der Waals surface area (Å²) in [5, 5.41) is 0.627. The Bertz CT molecular complexity index is 1230. The highest BCUT2D eigenvalue weighted by atomic mass is 35.5. The molecule has 0 fully saturated rings. The number of carbonyl (C=O) groups excluding carboxylic acids is 1. The van der Waals surface area contributed by atoms with E-state index >= 15 is 0 Å². The number of fused-ring (bicyclic) bond motifs is 1. The largest absolute Gasteiger partial charge is 0.462 e. The van der Waals surface area contributed by atoms with Gasteiger partial charge in [-0.15, -0.1) is 0 Å². The molecule has 0 unspecified atom stereocenters. The number of thiazole rings is 1. The average molecular weight is 428 g/mol. The number of halogens is 1. The molecule has 0 aliphatic carbocycles. The van der Waals surface area contributed by atoms with Crippen molar-refractivity contribution in [3.05, 3.63) is 84.4 Å². The fourth-order valence-electron chi connectivity index (χ4n) is 3.05. The van der Waals surface area contributed by atoms with Gasteiger partial charge in [-0.05, 0) is 55.0 Å². The molecule has 8 heteroatoms. The van der Waals surface area contributed by atoms with Crippen LogP contribution < -0.4 is 19.8 Å². The van der Waals surface area contributed by atoms with Crippen molar-refractivity contribution in [2.75, 3.05) is 18.2 Å². The summed E-state index contributed by atoms with van der Waals surface area (Å²) >= 11 is 7.40. The number of esters is 1. The van der Waals surface area contributed by atoms with Gasteiger partial charge in [0.2, 0.25) is 0 Å². The summed E-state index contributed by atoms with van der Waals surface area (Å²) in [4.78, 5) is 31.9. The first-order valence-electron chi connectivity index (χ1n) is 9.08. The van der Waals surface area contributed by atoms with E-state index in [0.29, 0.717) is 39.9 Å². The second kappa shape index (κ2) is 8.23. The van der Waals surface area contributed by atoms with Crippen molar-refractivity contribution in [2.45, 2.75) is 13.6 Å². The van der Waals surface area contributed by atoms with Gasteiger partial charge in [-0.25, -0.2) is 9.79 Å². The molecule has 29 heavy (non-hydrogen) atoms. The zero-order chi connectivity index (χ0) is 20.4. The highest BCUT2D eigenvalue weighted by molar-refractivity contribution is 7.07. The maximum absolute atomic E-state index is 12.9. The van der Waals surface area contributed by atoms with Crippen LogP contribution in [-0.4, -0.2) is 23.8 Å². The number of ether oxygens (including phenoxy) is 1. The summed E-state index contributed by atoms with van der Waals surface area (Å²) in [5.41, 5.74) is 2.17. The van der Waals surface area contributed by atoms with Crippen molar-refractivity contribution in [3.8, 4) is 0 Å². The molecule has 3 aromatic rings. The zero-order valence-corrected chi connectivity index (χ0v) is 17.2. The molecule has 4 rings (SSSR count). The van der Waals surface area contributed by atoms with Crippen LogP contribution >= 0.6 is 22.9 Å². The molecule has 1 aliphatic heterocycles. The second-order valence-electron chi connectivity index (χ2n) is 6.43. The standard InChI is InChI=1S/C21H18ClN3O3S/c1-2-28-20(27)15-6-8-17(9-7-15)24-12-23-21-25(13-24)19(26)18(29-21)11-14-4-3-5-16(22)10-14/h3-11H,2,12-13H2,1H3. The molecule has 0 saturated carbocycles. The fourth-order valence-corrected chi connectivity index (χ4v) is 4.21. The van der Waals surface area contributed by atoms with Gasteiger partial charge in [0, 0.05) is 10.7 Å².